The molecule has 2 heterocycles. The van der Waals surface area contributed by atoms with E-state index in [9.17, 15) is 14.4 Å². The summed E-state index contributed by atoms with van der Waals surface area (Å²) in [5, 5.41) is 9.05. The standard InChI is InChI=1S/C17H20N2O4/c1-11-3-2-4-13(9-11)19-15(20)10-14(16(19)21)18-7-5-12(6-8-18)17(22)23/h2-4,9,12,14H,5-8,10H2,1H3,(H,22,23). The maximum atomic E-state index is 12.7. The SMILES string of the molecule is Cc1cccc(N2C(=O)CC(N3CCC(C(=O)O)CC3)C2=O)c1. The van der Waals surface area contributed by atoms with Crippen molar-refractivity contribution in [3.8, 4) is 0 Å². The zero-order valence-electron chi connectivity index (χ0n) is 13.1. The molecule has 0 saturated carbocycles. The van der Waals surface area contributed by atoms with Gasteiger partial charge in [-0.05, 0) is 50.6 Å². The molecule has 2 aliphatic heterocycles. The Bertz CT molecular complexity index is 650. The minimum absolute atomic E-state index is 0.171. The van der Waals surface area contributed by atoms with Gasteiger partial charge in [-0.1, -0.05) is 12.1 Å². The van der Waals surface area contributed by atoms with E-state index in [1.807, 2.05) is 30.0 Å². The third-order valence-corrected chi connectivity index (χ3v) is 4.70. The van der Waals surface area contributed by atoms with Crippen LogP contribution in [0.5, 0.6) is 0 Å². The summed E-state index contributed by atoms with van der Waals surface area (Å²) in [6, 6.07) is 6.88. The van der Waals surface area contributed by atoms with Crippen LogP contribution in [-0.2, 0) is 14.4 Å². The van der Waals surface area contributed by atoms with Gasteiger partial charge in [-0.25, -0.2) is 4.90 Å². The second-order valence-corrected chi connectivity index (χ2v) is 6.27. The Kier molecular flexibility index (Phi) is 4.17. The summed E-state index contributed by atoms with van der Waals surface area (Å²) in [6.45, 7) is 3.01. The highest BCUT2D eigenvalue weighted by atomic mass is 16.4. The van der Waals surface area contributed by atoms with Gasteiger partial charge in [0, 0.05) is 0 Å². The van der Waals surface area contributed by atoms with Crippen molar-refractivity contribution in [2.24, 2.45) is 5.92 Å². The molecule has 1 unspecified atom stereocenters. The molecule has 1 atom stereocenters. The lowest BCUT2D eigenvalue weighted by molar-refractivity contribution is -0.143. The number of hydrogen-bond donors (Lipinski definition) is 1. The second kappa shape index (κ2) is 6.12. The number of imide groups is 1. The molecule has 0 radical (unpaired) electrons. The first kappa shape index (κ1) is 15.7. The minimum atomic E-state index is -0.778. The number of carbonyl (C=O) groups is 3. The molecule has 23 heavy (non-hydrogen) atoms. The molecule has 6 heteroatoms. The van der Waals surface area contributed by atoms with Crippen LogP contribution in [0, 0.1) is 12.8 Å². The third kappa shape index (κ3) is 2.99. The Labute approximate surface area is 134 Å². The Morgan fingerprint density at radius 1 is 1.22 bits per heavy atom. The van der Waals surface area contributed by atoms with Crippen LogP contribution in [0.4, 0.5) is 5.69 Å². The largest absolute Gasteiger partial charge is 0.481 e. The lowest BCUT2D eigenvalue weighted by atomic mass is 9.96. The highest BCUT2D eigenvalue weighted by Crippen LogP contribution is 2.29. The molecule has 0 spiro atoms. The van der Waals surface area contributed by atoms with Crippen molar-refractivity contribution in [3.63, 3.8) is 0 Å². The summed E-state index contributed by atoms with van der Waals surface area (Å²) in [7, 11) is 0. The smallest absolute Gasteiger partial charge is 0.306 e. The topological polar surface area (TPSA) is 77.9 Å². The number of piperidine rings is 1. The number of carboxylic acids is 1. The number of aliphatic carboxylic acids is 1. The number of nitrogens with zero attached hydrogens (tertiary/aromatic N) is 2. The molecule has 2 aliphatic rings. The first-order valence-electron chi connectivity index (χ1n) is 7.87. The van der Waals surface area contributed by atoms with Gasteiger partial charge < -0.3 is 5.11 Å². The molecule has 0 aliphatic carbocycles. The Balaban J connectivity index is 1.73. The quantitative estimate of drug-likeness (QED) is 0.853. The molecule has 2 fully saturated rings. The number of anilines is 1. The van der Waals surface area contributed by atoms with Crippen LogP contribution in [0.1, 0.15) is 24.8 Å². The van der Waals surface area contributed by atoms with Gasteiger partial charge in [0.1, 0.15) is 0 Å². The molecule has 2 amide bonds. The van der Waals surface area contributed by atoms with E-state index in [4.69, 9.17) is 5.11 Å². The molecule has 1 aromatic carbocycles. The highest BCUT2D eigenvalue weighted by Gasteiger charge is 2.43. The van der Waals surface area contributed by atoms with Crippen LogP contribution in [0.15, 0.2) is 24.3 Å². The van der Waals surface area contributed by atoms with Crippen molar-refractivity contribution in [1.82, 2.24) is 4.90 Å². The first-order chi connectivity index (χ1) is 11.0. The number of carboxylic acid groups (broad SMARTS) is 1. The van der Waals surface area contributed by atoms with E-state index in [1.54, 1.807) is 6.07 Å². The molecule has 6 nitrogen and oxygen atoms in total. The van der Waals surface area contributed by atoms with Gasteiger partial charge >= 0.3 is 5.97 Å². The molecule has 0 aromatic heterocycles. The summed E-state index contributed by atoms with van der Waals surface area (Å²) in [6.07, 6.45) is 1.22. The van der Waals surface area contributed by atoms with Crippen molar-refractivity contribution in [3.05, 3.63) is 29.8 Å². The molecule has 0 bridgehead atoms. The summed E-state index contributed by atoms with van der Waals surface area (Å²) in [5.74, 6) is -1.51. The number of likely N-dealkylation sites (tertiary alicyclic amines) is 1. The number of aryl methyl sites for hydroxylation is 1. The summed E-state index contributed by atoms with van der Waals surface area (Å²) < 4.78 is 0. The zero-order chi connectivity index (χ0) is 16.6. The molecule has 1 aromatic rings. The predicted molar refractivity (Wildman–Crippen MR) is 84.0 cm³/mol. The summed E-state index contributed by atoms with van der Waals surface area (Å²) in [5.41, 5.74) is 1.61. The van der Waals surface area contributed by atoms with E-state index in [-0.39, 0.29) is 24.2 Å². The van der Waals surface area contributed by atoms with Crippen LogP contribution in [-0.4, -0.2) is 46.9 Å². The van der Waals surface area contributed by atoms with Crippen LogP contribution in [0.25, 0.3) is 0 Å². The normalized spacial score (nSPS) is 23.5. The fourth-order valence-electron chi connectivity index (χ4n) is 3.40. The summed E-state index contributed by atoms with van der Waals surface area (Å²) in [4.78, 5) is 39.2. The molecule has 1 N–H and O–H groups in total. The van der Waals surface area contributed by atoms with Gasteiger partial charge in [-0.15, -0.1) is 0 Å². The molecular formula is C17H20N2O4. The van der Waals surface area contributed by atoms with Gasteiger partial charge in [0.2, 0.25) is 5.91 Å². The van der Waals surface area contributed by atoms with Crippen LogP contribution < -0.4 is 4.90 Å². The first-order valence-corrected chi connectivity index (χ1v) is 7.87. The fourth-order valence-corrected chi connectivity index (χ4v) is 3.40. The molecular weight excluding hydrogens is 296 g/mol. The van der Waals surface area contributed by atoms with E-state index in [1.165, 1.54) is 4.90 Å². The highest BCUT2D eigenvalue weighted by molar-refractivity contribution is 6.22. The number of hydrogen-bond acceptors (Lipinski definition) is 4. The zero-order valence-corrected chi connectivity index (χ0v) is 13.1. The van der Waals surface area contributed by atoms with Crippen molar-refractivity contribution >= 4 is 23.5 Å². The van der Waals surface area contributed by atoms with E-state index in [0.29, 0.717) is 31.6 Å². The van der Waals surface area contributed by atoms with E-state index >= 15 is 0 Å². The van der Waals surface area contributed by atoms with Crippen LogP contribution in [0.3, 0.4) is 0 Å². The Hall–Kier alpha value is -2.21. The minimum Gasteiger partial charge on any atom is -0.481 e. The van der Waals surface area contributed by atoms with Crippen molar-refractivity contribution in [1.29, 1.82) is 0 Å². The van der Waals surface area contributed by atoms with Gasteiger partial charge in [-0.3, -0.25) is 19.3 Å². The average molecular weight is 316 g/mol. The number of carbonyl (C=O) groups excluding carboxylic acids is 2. The Morgan fingerprint density at radius 2 is 1.91 bits per heavy atom. The number of benzene rings is 1. The lowest BCUT2D eigenvalue weighted by Crippen LogP contribution is -2.46. The van der Waals surface area contributed by atoms with Crippen molar-refractivity contribution in [2.45, 2.75) is 32.2 Å². The van der Waals surface area contributed by atoms with Gasteiger partial charge in [0.15, 0.2) is 0 Å². The fraction of sp³-hybridized carbons (Fsp3) is 0.471. The van der Waals surface area contributed by atoms with Crippen LogP contribution in [0.2, 0.25) is 0 Å². The Morgan fingerprint density at radius 3 is 2.52 bits per heavy atom. The summed E-state index contributed by atoms with van der Waals surface area (Å²) >= 11 is 0. The van der Waals surface area contributed by atoms with E-state index < -0.39 is 12.0 Å². The molecule has 3 rings (SSSR count). The predicted octanol–water partition coefficient (Wildman–Crippen LogP) is 1.42. The average Bonchev–Trinajstić information content (AvgIpc) is 2.82. The third-order valence-electron chi connectivity index (χ3n) is 4.70. The number of amides is 2. The van der Waals surface area contributed by atoms with Gasteiger partial charge in [0.05, 0.1) is 24.1 Å². The maximum Gasteiger partial charge on any atom is 0.306 e. The van der Waals surface area contributed by atoms with Crippen LogP contribution >= 0.6 is 0 Å². The maximum absolute atomic E-state index is 12.7. The monoisotopic (exact) mass is 316 g/mol. The molecule has 2 saturated heterocycles. The van der Waals surface area contributed by atoms with Crippen molar-refractivity contribution < 1.29 is 19.5 Å². The lowest BCUT2D eigenvalue weighted by Gasteiger charge is -2.33. The second-order valence-electron chi connectivity index (χ2n) is 6.27. The van der Waals surface area contributed by atoms with E-state index in [0.717, 1.165) is 5.56 Å². The number of rotatable bonds is 3. The van der Waals surface area contributed by atoms with Crippen molar-refractivity contribution in [2.75, 3.05) is 18.0 Å². The van der Waals surface area contributed by atoms with Gasteiger partial charge in [-0.2, -0.15) is 0 Å². The molecule has 122 valence electrons. The van der Waals surface area contributed by atoms with E-state index in [2.05, 4.69) is 0 Å². The van der Waals surface area contributed by atoms with Gasteiger partial charge in [0.25, 0.3) is 5.91 Å².